The number of carbonyl (C=O) groups excluding carboxylic acids is 6. The van der Waals surface area contributed by atoms with Crippen LogP contribution in [0.3, 0.4) is 0 Å². The smallest absolute Gasteiger partial charge is 0.220 e. The summed E-state index contributed by atoms with van der Waals surface area (Å²) < 4.78 is 41.1. The maximum Gasteiger partial charge on any atom is 0.220 e. The molecule has 19 nitrogen and oxygen atoms in total. The van der Waals surface area contributed by atoms with Crippen LogP contribution >= 0.6 is 11.6 Å². The molecule has 22 rings (SSSR count). The van der Waals surface area contributed by atoms with Crippen LogP contribution in [0, 0.1) is 90.2 Å². The van der Waals surface area contributed by atoms with Gasteiger partial charge in [0.15, 0.2) is 0 Å². The Kier molecular flexibility index (Phi) is 31.9. The van der Waals surface area contributed by atoms with Gasteiger partial charge in [0.1, 0.15) is 52.0 Å². The van der Waals surface area contributed by atoms with Crippen molar-refractivity contribution >= 4 is 115 Å². The standard InChI is InChI=1S/C25H15FN2O.C22H17ClN2O.C22H17FN2O.C21H16FN3O.2C17H16N2O/c1-2-22-14-19(11-12-27-22)25-16-23(29)15-20-13-18(7-10-24(20)28-25)4-3-17-5-8-21(26)9-6-17;1-14-10-17(8-9-24-14)22-13-20(26)12-18-11-16(4-7-21(18)25-22)15-2-5-19(23)6-3-15;1-14-10-16(8-9-24-14)22-13-18(26)12-17-11-15(6-7-21(17)25-22)19-4-2-3-5-20(19)23;1-13-9-15(6-8-23-13)20-12-17(26)11-16-10-14(4-5-19(16)25-20)18-3-2-7-24-21(18)22;2*1-11-3-4-16-14(7-11)9-15(20)10-17(19-16)13-5-6-18-12(2)8-13/h1,5-14H,15-16H2;2*2-11H,12-13H2,1H3;2-10H,11-12H2,1H3;2*3-8H,9-10H2,1-2H3. The minimum absolute atomic E-state index is 0.0743. The minimum atomic E-state index is -0.524. The molecule has 7 aromatic heterocycles. The highest BCUT2D eigenvalue weighted by Crippen LogP contribution is 2.38. The molecular weight excluding hydrogens is 1860 g/mol. The van der Waals surface area contributed by atoms with Gasteiger partial charge in [0, 0.05) is 182 Å². The van der Waals surface area contributed by atoms with Gasteiger partial charge in [-0.3, -0.25) is 83.6 Å². The predicted octanol–water partition coefficient (Wildman–Crippen LogP) is 25.3. The largest absolute Gasteiger partial charge is 0.299 e. The van der Waals surface area contributed by atoms with Gasteiger partial charge in [-0.1, -0.05) is 113 Å². The van der Waals surface area contributed by atoms with E-state index >= 15 is 0 Å². The molecule has 0 atom stereocenters. The van der Waals surface area contributed by atoms with Crippen molar-refractivity contribution in [3.8, 4) is 57.6 Å². The quantitative estimate of drug-likeness (QED) is 0.0962. The summed E-state index contributed by atoms with van der Waals surface area (Å²) in [6, 6.07) is 81.5. The predicted molar refractivity (Wildman–Crippen MR) is 574 cm³/mol. The van der Waals surface area contributed by atoms with Crippen LogP contribution in [0.5, 0.6) is 0 Å². The lowest BCUT2D eigenvalue weighted by Crippen LogP contribution is -2.09. The maximum atomic E-state index is 14.1. The van der Waals surface area contributed by atoms with Gasteiger partial charge in [-0.15, -0.1) is 6.42 Å². The zero-order valence-corrected chi connectivity index (χ0v) is 82.5. The first-order valence-electron chi connectivity index (χ1n) is 47.9. The third kappa shape index (κ3) is 26.6. The molecule has 0 aliphatic carbocycles. The molecule has 6 aliphatic rings. The second-order valence-corrected chi connectivity index (χ2v) is 36.9. The Morgan fingerprint density at radius 3 is 0.939 bits per heavy atom. The highest BCUT2D eigenvalue weighted by Gasteiger charge is 2.27. The lowest BCUT2D eigenvalue weighted by Gasteiger charge is -2.08. The lowest BCUT2D eigenvalue weighted by atomic mass is 9.98. The number of aryl methyl sites for hydroxylation is 7. The number of pyridine rings is 7. The first-order chi connectivity index (χ1) is 71.1. The summed E-state index contributed by atoms with van der Waals surface area (Å²) in [7, 11) is 0. The van der Waals surface area contributed by atoms with Gasteiger partial charge in [0.05, 0.1) is 68.4 Å². The topological polar surface area (TPSA) is 267 Å². The SMILES string of the molecule is C#Cc1cc(C2=Nc3ccc(C#Cc4ccc(F)cc4)cc3CC(=O)C2)ccn1.Cc1cc(C2=Nc3ccc(-c4ccc(Cl)cc4)cc3CC(=O)C2)ccn1.Cc1cc(C2=Nc3ccc(-c4ccccc4F)cc3CC(=O)C2)ccn1.Cc1cc(C2=Nc3ccc(-c4cccnc4F)cc3CC(=O)C2)ccn1.Cc1ccc2c(c1)CC(=O)CC(c1ccnc(C)c1)=N2.Cc1ccc2c(c1)CC(=O)CC(c1ccnc(C)c1)=N2. The molecular formula is C124H97ClF3N13O6. The van der Waals surface area contributed by atoms with Crippen molar-refractivity contribution in [3.05, 3.63) is 456 Å². The lowest BCUT2D eigenvalue weighted by molar-refractivity contribution is -0.118. The fourth-order valence-corrected chi connectivity index (χ4v) is 17.8. The number of ketones is 6. The van der Waals surface area contributed by atoms with Crippen molar-refractivity contribution in [3.63, 3.8) is 0 Å². The molecule has 722 valence electrons. The van der Waals surface area contributed by atoms with Crippen LogP contribution in [0.15, 0.2) is 340 Å². The number of aromatic nitrogens is 7. The summed E-state index contributed by atoms with van der Waals surface area (Å²) in [6.45, 7) is 13.7. The average Bonchev–Trinajstić information content (AvgIpc) is 1.72. The Labute approximate surface area is 855 Å². The van der Waals surface area contributed by atoms with E-state index in [0.717, 1.165) is 197 Å². The van der Waals surface area contributed by atoms with E-state index in [1.165, 1.54) is 24.4 Å². The average molecular weight is 1960 g/mol. The van der Waals surface area contributed by atoms with Crippen molar-refractivity contribution in [2.75, 3.05) is 0 Å². The maximum absolute atomic E-state index is 14.1. The van der Waals surface area contributed by atoms with Crippen LogP contribution in [-0.2, 0) is 67.3 Å². The fraction of sp³-hybridized carbons (Fsp3) is 0.153. The Hall–Kier alpha value is -17.7. The van der Waals surface area contributed by atoms with E-state index in [2.05, 4.69) is 70.8 Å². The minimum Gasteiger partial charge on any atom is -0.299 e. The van der Waals surface area contributed by atoms with E-state index < -0.39 is 5.95 Å². The van der Waals surface area contributed by atoms with Gasteiger partial charge in [-0.25, -0.2) is 18.7 Å². The third-order valence-electron chi connectivity index (χ3n) is 24.9. The van der Waals surface area contributed by atoms with Crippen molar-refractivity contribution in [2.24, 2.45) is 30.0 Å². The molecule has 0 fully saturated rings. The fourth-order valence-electron chi connectivity index (χ4n) is 17.7. The van der Waals surface area contributed by atoms with E-state index in [9.17, 15) is 41.9 Å². The van der Waals surface area contributed by atoms with E-state index in [1.54, 1.807) is 91.8 Å². The molecule has 0 saturated heterocycles. The highest BCUT2D eigenvalue weighted by molar-refractivity contribution is 6.30. The third-order valence-corrected chi connectivity index (χ3v) is 25.1. The van der Waals surface area contributed by atoms with Gasteiger partial charge in [-0.05, 0) is 326 Å². The van der Waals surface area contributed by atoms with E-state index in [1.807, 2.05) is 224 Å². The molecule has 147 heavy (non-hydrogen) atoms. The Morgan fingerprint density at radius 1 is 0.259 bits per heavy atom. The molecule has 9 aromatic carbocycles. The summed E-state index contributed by atoms with van der Waals surface area (Å²) in [5, 5.41) is 0.709. The number of halogens is 4. The number of Topliss-reactive ketones (excluding diaryl/α,β-unsaturated/α-hetero) is 6. The van der Waals surface area contributed by atoms with Gasteiger partial charge in [0.25, 0.3) is 0 Å². The summed E-state index contributed by atoms with van der Waals surface area (Å²) in [6.07, 6.45) is 21.3. The number of aliphatic imine (C=N–C) groups is 6. The molecule has 0 N–H and O–H groups in total. The number of hydrogen-bond acceptors (Lipinski definition) is 19. The molecule has 0 spiro atoms. The van der Waals surface area contributed by atoms with Crippen molar-refractivity contribution < 1.29 is 41.9 Å². The normalized spacial score (nSPS) is 13.8. The summed E-state index contributed by atoms with van der Waals surface area (Å²) in [5.41, 5.74) is 34.0. The number of rotatable bonds is 9. The molecule has 6 aliphatic heterocycles. The Bertz CT molecular complexity index is 7940. The number of hydrogen-bond donors (Lipinski definition) is 0. The Balaban J connectivity index is 0.000000121. The zero-order valence-electron chi connectivity index (χ0n) is 81.8. The molecule has 0 radical (unpaired) electrons. The van der Waals surface area contributed by atoms with Crippen molar-refractivity contribution in [1.29, 1.82) is 0 Å². The van der Waals surface area contributed by atoms with Crippen molar-refractivity contribution in [2.45, 2.75) is 126 Å². The molecule has 0 bridgehead atoms. The van der Waals surface area contributed by atoms with E-state index in [-0.39, 0.29) is 72.0 Å². The summed E-state index contributed by atoms with van der Waals surface area (Å²) in [5.74, 6) is 8.33. The van der Waals surface area contributed by atoms with Gasteiger partial charge < -0.3 is 0 Å². The first-order valence-corrected chi connectivity index (χ1v) is 48.2. The summed E-state index contributed by atoms with van der Waals surface area (Å²) >= 11 is 5.97. The number of carbonyl (C=O) groups is 6. The Morgan fingerprint density at radius 2 is 0.565 bits per heavy atom. The van der Waals surface area contributed by atoms with Gasteiger partial charge >= 0.3 is 0 Å². The molecule has 0 saturated carbocycles. The first kappa shape index (κ1) is 101. The van der Waals surface area contributed by atoms with Crippen LogP contribution in [0.2, 0.25) is 5.02 Å². The van der Waals surface area contributed by atoms with Crippen molar-refractivity contribution in [1.82, 2.24) is 34.9 Å². The molecule has 16 aromatic rings. The van der Waals surface area contributed by atoms with E-state index in [0.29, 0.717) is 84.5 Å². The monoisotopic (exact) mass is 1960 g/mol. The molecule has 0 unspecified atom stereocenters. The summed E-state index contributed by atoms with van der Waals surface area (Å²) in [4.78, 5) is 131. The van der Waals surface area contributed by atoms with Crippen LogP contribution in [0.1, 0.15) is 162 Å². The zero-order chi connectivity index (χ0) is 103. The molecule has 23 heteroatoms. The number of fused-ring (bicyclic) bond motifs is 6. The second-order valence-electron chi connectivity index (χ2n) is 36.4. The van der Waals surface area contributed by atoms with Gasteiger partial charge in [-0.2, -0.15) is 4.39 Å². The van der Waals surface area contributed by atoms with Crippen LogP contribution in [0.25, 0.3) is 33.4 Å². The number of terminal acetylenes is 1. The number of benzene rings is 9. The van der Waals surface area contributed by atoms with Crippen LogP contribution in [0.4, 0.5) is 47.3 Å². The highest BCUT2D eigenvalue weighted by atomic mass is 35.5. The second kappa shape index (κ2) is 46.5. The van der Waals surface area contributed by atoms with Crippen LogP contribution < -0.4 is 0 Å². The molecule has 13 heterocycles. The van der Waals surface area contributed by atoms with E-state index in [4.69, 9.17) is 48.0 Å². The van der Waals surface area contributed by atoms with Crippen LogP contribution in [-0.4, -0.2) is 104 Å². The van der Waals surface area contributed by atoms with Gasteiger partial charge in [0.2, 0.25) is 5.95 Å². The molecule has 0 amide bonds. The number of nitrogens with zero attached hydrogens (tertiary/aromatic N) is 13.